The quantitative estimate of drug-likeness (QED) is 0.600. The van der Waals surface area contributed by atoms with E-state index in [1.54, 1.807) is 66.7 Å². The first-order chi connectivity index (χ1) is 13.6. The molecular weight excluding hydrogens is 376 g/mol. The molecule has 3 aromatic rings. The van der Waals surface area contributed by atoms with Crippen LogP contribution in [0.4, 0.5) is 11.4 Å². The maximum atomic E-state index is 12.5. The van der Waals surface area contributed by atoms with Crippen molar-refractivity contribution in [1.29, 1.82) is 0 Å². The number of carbonyl (C=O) groups is 2. The molecule has 0 saturated heterocycles. The number of hydrogen-bond donors (Lipinski definition) is 2. The highest BCUT2D eigenvalue weighted by Gasteiger charge is 2.13. The molecular formula is C22H19ClN2O3. The molecule has 0 bridgehead atoms. The minimum Gasteiger partial charge on any atom is -0.493 e. The second kappa shape index (κ2) is 9.06. The lowest BCUT2D eigenvalue weighted by Crippen LogP contribution is -2.14. The molecule has 6 heteroatoms. The molecule has 0 radical (unpaired) electrons. The molecule has 0 aliphatic carbocycles. The van der Waals surface area contributed by atoms with E-state index < -0.39 is 0 Å². The molecule has 0 aromatic heterocycles. The Labute approximate surface area is 168 Å². The van der Waals surface area contributed by atoms with E-state index in [1.807, 2.05) is 13.0 Å². The van der Waals surface area contributed by atoms with Gasteiger partial charge < -0.3 is 15.4 Å². The van der Waals surface area contributed by atoms with Gasteiger partial charge in [0.2, 0.25) is 0 Å². The summed E-state index contributed by atoms with van der Waals surface area (Å²) >= 11 is 6.06. The molecule has 3 aromatic carbocycles. The highest BCUT2D eigenvalue weighted by atomic mass is 35.5. The normalized spacial score (nSPS) is 10.2. The summed E-state index contributed by atoms with van der Waals surface area (Å²) in [6, 6.07) is 20.7. The van der Waals surface area contributed by atoms with Crippen molar-refractivity contribution in [3.8, 4) is 5.75 Å². The lowest BCUT2D eigenvalue weighted by Gasteiger charge is -2.11. The molecule has 0 aliphatic heterocycles. The number of hydrogen-bond acceptors (Lipinski definition) is 3. The Morgan fingerprint density at radius 3 is 2.25 bits per heavy atom. The lowest BCUT2D eigenvalue weighted by atomic mass is 10.1. The molecule has 0 spiro atoms. The van der Waals surface area contributed by atoms with Gasteiger partial charge in [0.1, 0.15) is 5.75 Å². The summed E-state index contributed by atoms with van der Waals surface area (Å²) in [6.45, 7) is 2.33. The first-order valence-electron chi connectivity index (χ1n) is 8.77. The summed E-state index contributed by atoms with van der Waals surface area (Å²) < 4.78 is 5.49. The second-order valence-electron chi connectivity index (χ2n) is 5.89. The van der Waals surface area contributed by atoms with Crippen LogP contribution in [0.25, 0.3) is 0 Å². The Morgan fingerprint density at radius 2 is 1.54 bits per heavy atom. The zero-order valence-electron chi connectivity index (χ0n) is 15.2. The van der Waals surface area contributed by atoms with Crippen LogP contribution in [-0.4, -0.2) is 18.4 Å². The number of nitrogens with one attached hydrogen (secondary N) is 2. The van der Waals surface area contributed by atoms with Gasteiger partial charge >= 0.3 is 0 Å². The zero-order chi connectivity index (χ0) is 19.9. The van der Waals surface area contributed by atoms with Crippen LogP contribution in [0.3, 0.4) is 0 Å². The highest BCUT2D eigenvalue weighted by Crippen LogP contribution is 2.22. The third kappa shape index (κ3) is 4.69. The third-order valence-corrected chi connectivity index (χ3v) is 4.29. The van der Waals surface area contributed by atoms with Crippen molar-refractivity contribution in [2.75, 3.05) is 17.2 Å². The van der Waals surface area contributed by atoms with Crippen LogP contribution in [-0.2, 0) is 0 Å². The molecule has 5 nitrogen and oxygen atoms in total. The Kier molecular flexibility index (Phi) is 6.29. The monoisotopic (exact) mass is 394 g/mol. The SMILES string of the molecule is CCOc1ccccc1C(=O)Nc1ccc(C(=O)Nc2ccccc2Cl)cc1. The number of carbonyl (C=O) groups excluding carboxylic acids is 2. The molecule has 0 unspecified atom stereocenters. The number of anilines is 2. The predicted octanol–water partition coefficient (Wildman–Crippen LogP) is 5.24. The van der Waals surface area contributed by atoms with E-state index in [9.17, 15) is 9.59 Å². The van der Waals surface area contributed by atoms with Gasteiger partial charge in [-0.2, -0.15) is 0 Å². The van der Waals surface area contributed by atoms with E-state index in [0.717, 1.165) is 0 Å². The number of benzene rings is 3. The van der Waals surface area contributed by atoms with Crippen molar-refractivity contribution >= 4 is 34.8 Å². The van der Waals surface area contributed by atoms with Crippen molar-refractivity contribution in [3.05, 3.63) is 88.9 Å². The van der Waals surface area contributed by atoms with Crippen LogP contribution in [0.2, 0.25) is 5.02 Å². The van der Waals surface area contributed by atoms with Crippen LogP contribution >= 0.6 is 11.6 Å². The molecule has 0 saturated carbocycles. The molecule has 2 amide bonds. The molecule has 0 fully saturated rings. The molecule has 0 atom stereocenters. The van der Waals surface area contributed by atoms with E-state index in [0.29, 0.717) is 39.9 Å². The molecule has 0 heterocycles. The van der Waals surface area contributed by atoms with Gasteiger partial charge in [0.05, 0.1) is 22.9 Å². The van der Waals surface area contributed by atoms with Gasteiger partial charge in [-0.15, -0.1) is 0 Å². The average molecular weight is 395 g/mol. The van der Waals surface area contributed by atoms with E-state index in [1.165, 1.54) is 0 Å². The Hall–Kier alpha value is -3.31. The first-order valence-corrected chi connectivity index (χ1v) is 9.15. The maximum Gasteiger partial charge on any atom is 0.259 e. The van der Waals surface area contributed by atoms with Gasteiger partial charge in [0.15, 0.2) is 0 Å². The van der Waals surface area contributed by atoms with Crippen LogP contribution < -0.4 is 15.4 Å². The fourth-order valence-electron chi connectivity index (χ4n) is 2.60. The van der Waals surface area contributed by atoms with Crippen molar-refractivity contribution in [3.63, 3.8) is 0 Å². The molecule has 0 aliphatic rings. The smallest absolute Gasteiger partial charge is 0.259 e. The summed E-state index contributed by atoms with van der Waals surface area (Å²) in [5.41, 5.74) is 2.02. The van der Waals surface area contributed by atoms with Gasteiger partial charge in [-0.1, -0.05) is 35.9 Å². The average Bonchev–Trinajstić information content (AvgIpc) is 2.71. The number of ether oxygens (including phenoxy) is 1. The Bertz CT molecular complexity index is 987. The first kappa shape index (κ1) is 19.5. The minimum atomic E-state index is -0.285. The van der Waals surface area contributed by atoms with Gasteiger partial charge in [-0.3, -0.25) is 9.59 Å². The van der Waals surface area contributed by atoms with Gasteiger partial charge in [0, 0.05) is 11.3 Å². The standard InChI is InChI=1S/C22H19ClN2O3/c1-2-28-20-10-6-3-7-17(20)22(27)24-16-13-11-15(12-14-16)21(26)25-19-9-5-4-8-18(19)23/h3-14H,2H2,1H3,(H,24,27)(H,25,26). The number of halogens is 1. The summed E-state index contributed by atoms with van der Waals surface area (Å²) in [5, 5.41) is 6.04. The fraction of sp³-hybridized carbons (Fsp3) is 0.0909. The number of amides is 2. The Morgan fingerprint density at radius 1 is 0.857 bits per heavy atom. The zero-order valence-corrected chi connectivity index (χ0v) is 16.0. The van der Waals surface area contributed by atoms with Crippen LogP contribution in [0, 0.1) is 0 Å². The minimum absolute atomic E-state index is 0.280. The summed E-state index contributed by atoms with van der Waals surface area (Å²) in [5.74, 6) is -0.0387. The van der Waals surface area contributed by atoms with Crippen LogP contribution in [0.1, 0.15) is 27.6 Å². The molecule has 142 valence electrons. The number of para-hydroxylation sites is 2. The lowest BCUT2D eigenvalue weighted by molar-refractivity contribution is 0.101. The second-order valence-corrected chi connectivity index (χ2v) is 6.30. The van der Waals surface area contributed by atoms with Gasteiger partial charge in [0.25, 0.3) is 11.8 Å². The predicted molar refractivity (Wildman–Crippen MR) is 111 cm³/mol. The summed E-state index contributed by atoms with van der Waals surface area (Å²) in [4.78, 5) is 24.9. The van der Waals surface area contributed by atoms with Crippen LogP contribution in [0.5, 0.6) is 5.75 Å². The molecule has 3 rings (SSSR count). The van der Waals surface area contributed by atoms with Crippen molar-refractivity contribution < 1.29 is 14.3 Å². The summed E-state index contributed by atoms with van der Waals surface area (Å²) in [6.07, 6.45) is 0. The topological polar surface area (TPSA) is 67.4 Å². The third-order valence-electron chi connectivity index (χ3n) is 3.96. The van der Waals surface area contributed by atoms with Crippen LogP contribution in [0.15, 0.2) is 72.8 Å². The van der Waals surface area contributed by atoms with E-state index >= 15 is 0 Å². The van der Waals surface area contributed by atoms with E-state index in [4.69, 9.17) is 16.3 Å². The van der Waals surface area contributed by atoms with Crippen molar-refractivity contribution in [1.82, 2.24) is 0 Å². The summed E-state index contributed by atoms with van der Waals surface area (Å²) in [7, 11) is 0. The Balaban J connectivity index is 1.68. The van der Waals surface area contributed by atoms with Crippen molar-refractivity contribution in [2.45, 2.75) is 6.92 Å². The van der Waals surface area contributed by atoms with Gasteiger partial charge in [-0.05, 0) is 55.5 Å². The fourth-order valence-corrected chi connectivity index (χ4v) is 2.78. The maximum absolute atomic E-state index is 12.5. The van der Waals surface area contributed by atoms with E-state index in [-0.39, 0.29) is 11.8 Å². The number of rotatable bonds is 6. The largest absolute Gasteiger partial charge is 0.493 e. The molecule has 2 N–H and O–H groups in total. The highest BCUT2D eigenvalue weighted by molar-refractivity contribution is 6.33. The molecule has 28 heavy (non-hydrogen) atoms. The van der Waals surface area contributed by atoms with E-state index in [2.05, 4.69) is 10.6 Å². The van der Waals surface area contributed by atoms with Gasteiger partial charge in [-0.25, -0.2) is 0 Å². The van der Waals surface area contributed by atoms with Crippen molar-refractivity contribution in [2.24, 2.45) is 0 Å².